The molecule has 0 amide bonds. The van der Waals surface area contributed by atoms with E-state index in [4.69, 9.17) is 21.6 Å². The van der Waals surface area contributed by atoms with Gasteiger partial charge in [-0.2, -0.15) is 0 Å². The predicted molar refractivity (Wildman–Crippen MR) is 168 cm³/mol. The molecule has 5 aromatic rings. The molecular weight excluding hydrogens is 533 g/mol. The Kier molecular flexibility index (Phi) is 8.39. The monoisotopic (exact) mass is 556 g/mol. The third kappa shape index (κ3) is 6.48. The van der Waals surface area contributed by atoms with Gasteiger partial charge >= 0.3 is 0 Å². The summed E-state index contributed by atoms with van der Waals surface area (Å²) >= 11 is 2.03. The Balaban J connectivity index is 1.26. The molecule has 40 heavy (non-hydrogen) atoms. The zero-order valence-electron chi connectivity index (χ0n) is 21.3. The largest absolute Gasteiger partial charge is 0.293 e. The standard InChI is InChI=1S/C32H24N6S2/c33-29(39-31(35)27-18-8-16-25(37-27)21-10-3-1-4-11-21)23-14-7-15-24(20-23)30(34)40-32(36)28-19-9-17-26(38-28)22-12-5-2-6-13-22/h1-20,33-36H. The van der Waals surface area contributed by atoms with Gasteiger partial charge in [0.15, 0.2) is 0 Å². The van der Waals surface area contributed by atoms with Gasteiger partial charge in [0.25, 0.3) is 0 Å². The highest BCUT2D eigenvalue weighted by molar-refractivity contribution is 8.27. The van der Waals surface area contributed by atoms with E-state index in [0.29, 0.717) is 22.5 Å². The van der Waals surface area contributed by atoms with Crippen molar-refractivity contribution in [3.8, 4) is 22.5 Å². The first-order valence-corrected chi connectivity index (χ1v) is 14.0. The molecule has 0 radical (unpaired) electrons. The summed E-state index contributed by atoms with van der Waals surface area (Å²) in [5.41, 5.74) is 5.65. The van der Waals surface area contributed by atoms with Crippen molar-refractivity contribution in [3.63, 3.8) is 0 Å². The minimum Gasteiger partial charge on any atom is -0.293 e. The van der Waals surface area contributed by atoms with Crippen LogP contribution in [0.15, 0.2) is 121 Å². The van der Waals surface area contributed by atoms with E-state index in [1.54, 1.807) is 36.4 Å². The second-order valence-electron chi connectivity index (χ2n) is 8.65. The maximum atomic E-state index is 8.61. The Bertz CT molecular complexity index is 1590. The average molecular weight is 557 g/mol. The molecule has 2 heterocycles. The molecule has 3 aromatic carbocycles. The predicted octanol–water partition coefficient (Wildman–Crippen LogP) is 7.98. The van der Waals surface area contributed by atoms with E-state index in [0.717, 1.165) is 46.0 Å². The van der Waals surface area contributed by atoms with Gasteiger partial charge in [-0.3, -0.25) is 21.6 Å². The van der Waals surface area contributed by atoms with E-state index < -0.39 is 0 Å². The first kappa shape index (κ1) is 26.9. The van der Waals surface area contributed by atoms with Crippen LogP contribution in [0.5, 0.6) is 0 Å². The van der Waals surface area contributed by atoms with Crippen LogP contribution >= 0.6 is 23.5 Å². The Morgan fingerprint density at radius 2 is 0.825 bits per heavy atom. The van der Waals surface area contributed by atoms with E-state index in [-0.39, 0.29) is 20.2 Å². The fraction of sp³-hybridized carbons (Fsp3) is 0. The van der Waals surface area contributed by atoms with Crippen LogP contribution in [0.4, 0.5) is 0 Å². The third-order valence-corrected chi connectivity index (χ3v) is 7.60. The number of nitrogens with one attached hydrogen (secondary N) is 4. The quantitative estimate of drug-likeness (QED) is 0.125. The van der Waals surface area contributed by atoms with Crippen LogP contribution in [0.2, 0.25) is 0 Å². The second kappa shape index (κ2) is 12.5. The molecule has 0 aliphatic heterocycles. The Morgan fingerprint density at radius 3 is 1.25 bits per heavy atom. The number of aromatic nitrogens is 2. The number of hydrogen-bond acceptors (Lipinski definition) is 8. The van der Waals surface area contributed by atoms with Gasteiger partial charge in [0.05, 0.1) is 22.8 Å². The van der Waals surface area contributed by atoms with Gasteiger partial charge in [0.1, 0.15) is 20.2 Å². The van der Waals surface area contributed by atoms with Gasteiger partial charge in [-0.25, -0.2) is 9.97 Å². The fourth-order valence-electron chi connectivity index (χ4n) is 3.89. The highest BCUT2D eigenvalue weighted by Crippen LogP contribution is 2.24. The van der Waals surface area contributed by atoms with E-state index in [1.165, 1.54) is 0 Å². The number of thioether (sulfide) groups is 2. The summed E-state index contributed by atoms with van der Waals surface area (Å²) < 4.78 is 0. The summed E-state index contributed by atoms with van der Waals surface area (Å²) in [7, 11) is 0. The molecule has 0 bridgehead atoms. The Hall–Kier alpha value is -4.66. The highest BCUT2D eigenvalue weighted by atomic mass is 32.2. The molecule has 0 atom stereocenters. The molecule has 0 saturated heterocycles. The molecule has 0 aliphatic rings. The maximum absolute atomic E-state index is 8.61. The lowest BCUT2D eigenvalue weighted by molar-refractivity contribution is 1.29. The first-order valence-electron chi connectivity index (χ1n) is 12.3. The van der Waals surface area contributed by atoms with Crippen LogP contribution in [0.25, 0.3) is 22.5 Å². The van der Waals surface area contributed by atoms with Crippen molar-refractivity contribution in [2.45, 2.75) is 0 Å². The van der Waals surface area contributed by atoms with Crippen molar-refractivity contribution in [2.75, 3.05) is 0 Å². The molecular formula is C32H24N6S2. The van der Waals surface area contributed by atoms with Gasteiger partial charge in [-0.15, -0.1) is 0 Å². The topological polar surface area (TPSA) is 121 Å². The SMILES string of the molecule is N=C(SC(=N)c1cccc(-c2ccccc2)n1)c1cccc(C(=N)SC(=N)c2cccc(-c3ccccc3)n2)c1. The second-order valence-corrected chi connectivity index (χ2v) is 10.7. The summed E-state index contributed by atoms with van der Waals surface area (Å²) in [6, 6.07) is 37.7. The van der Waals surface area contributed by atoms with Crippen molar-refractivity contribution in [1.82, 2.24) is 9.97 Å². The molecule has 2 aromatic heterocycles. The molecule has 5 rings (SSSR count). The zero-order chi connectivity index (χ0) is 27.9. The van der Waals surface area contributed by atoms with Crippen molar-refractivity contribution < 1.29 is 0 Å². The van der Waals surface area contributed by atoms with Crippen LogP contribution in [-0.2, 0) is 0 Å². The van der Waals surface area contributed by atoms with Gasteiger partial charge < -0.3 is 0 Å². The van der Waals surface area contributed by atoms with Crippen LogP contribution < -0.4 is 0 Å². The number of hydrogen-bond donors (Lipinski definition) is 4. The lowest BCUT2D eigenvalue weighted by Crippen LogP contribution is -2.06. The number of rotatable bonds is 6. The van der Waals surface area contributed by atoms with Crippen molar-refractivity contribution >= 4 is 43.7 Å². The molecule has 0 aliphatic carbocycles. The number of pyridine rings is 2. The summed E-state index contributed by atoms with van der Waals surface area (Å²) in [5.74, 6) is 0. The molecule has 8 heteroatoms. The fourth-order valence-corrected chi connectivity index (χ4v) is 5.22. The first-order chi connectivity index (χ1) is 19.5. The third-order valence-electron chi connectivity index (χ3n) is 5.90. The highest BCUT2D eigenvalue weighted by Gasteiger charge is 2.15. The lowest BCUT2D eigenvalue weighted by Gasteiger charge is -2.10. The summed E-state index contributed by atoms with van der Waals surface area (Å²) in [5, 5.41) is 35.0. The molecule has 0 fully saturated rings. The molecule has 4 N–H and O–H groups in total. The average Bonchev–Trinajstić information content (AvgIpc) is 3.02. The van der Waals surface area contributed by atoms with Crippen molar-refractivity contribution in [1.29, 1.82) is 21.6 Å². The zero-order valence-corrected chi connectivity index (χ0v) is 22.9. The van der Waals surface area contributed by atoms with Crippen LogP contribution in [0, 0.1) is 21.6 Å². The molecule has 194 valence electrons. The Morgan fingerprint density at radius 1 is 0.425 bits per heavy atom. The summed E-state index contributed by atoms with van der Waals surface area (Å²) in [6.07, 6.45) is 0. The minimum atomic E-state index is 0.170. The normalized spacial score (nSPS) is 10.6. The Labute approximate surface area is 241 Å². The lowest BCUT2D eigenvalue weighted by atomic mass is 10.1. The van der Waals surface area contributed by atoms with Crippen molar-refractivity contribution in [2.24, 2.45) is 0 Å². The number of nitrogens with zero attached hydrogens (tertiary/aromatic N) is 2. The molecule has 6 nitrogen and oxygen atoms in total. The summed E-state index contributed by atoms with van der Waals surface area (Å²) in [4.78, 5) is 9.23. The van der Waals surface area contributed by atoms with E-state index in [2.05, 4.69) is 9.97 Å². The van der Waals surface area contributed by atoms with E-state index in [9.17, 15) is 0 Å². The van der Waals surface area contributed by atoms with Crippen LogP contribution in [-0.4, -0.2) is 30.1 Å². The molecule has 0 unspecified atom stereocenters. The van der Waals surface area contributed by atoms with Gasteiger partial charge in [-0.1, -0.05) is 91.0 Å². The van der Waals surface area contributed by atoms with Crippen LogP contribution in [0.1, 0.15) is 22.5 Å². The van der Waals surface area contributed by atoms with Gasteiger partial charge in [0.2, 0.25) is 0 Å². The van der Waals surface area contributed by atoms with Gasteiger partial charge in [-0.05, 0) is 53.9 Å². The van der Waals surface area contributed by atoms with Gasteiger partial charge in [0, 0.05) is 22.3 Å². The van der Waals surface area contributed by atoms with E-state index >= 15 is 0 Å². The maximum Gasteiger partial charge on any atom is 0.119 e. The van der Waals surface area contributed by atoms with Crippen LogP contribution in [0.3, 0.4) is 0 Å². The smallest absolute Gasteiger partial charge is 0.119 e. The molecule has 0 saturated carbocycles. The molecule has 0 spiro atoms. The van der Waals surface area contributed by atoms with Crippen molar-refractivity contribution in [3.05, 3.63) is 144 Å². The minimum absolute atomic E-state index is 0.170. The summed E-state index contributed by atoms with van der Waals surface area (Å²) in [6.45, 7) is 0. The number of benzene rings is 3. The van der Waals surface area contributed by atoms with E-state index in [1.807, 2.05) is 84.9 Å².